The normalized spacial score (nSPS) is 11.3. The molecule has 132 valence electrons. The Bertz CT molecular complexity index is 991. The summed E-state index contributed by atoms with van der Waals surface area (Å²) < 4.78 is 8.37. The molecule has 2 heteroatoms. The second-order valence-corrected chi connectivity index (χ2v) is 6.99. The van der Waals surface area contributed by atoms with E-state index in [1.165, 1.54) is 32.9 Å². The molecule has 1 aromatic heterocycles. The summed E-state index contributed by atoms with van der Waals surface area (Å²) in [4.78, 5) is 0. The van der Waals surface area contributed by atoms with Gasteiger partial charge in [0.05, 0.1) is 6.61 Å². The number of aromatic nitrogens is 1. The summed E-state index contributed by atoms with van der Waals surface area (Å²) >= 11 is 0. The van der Waals surface area contributed by atoms with Crippen LogP contribution in [0.15, 0.2) is 66.7 Å². The van der Waals surface area contributed by atoms with E-state index in [1.807, 2.05) is 0 Å². The minimum absolute atomic E-state index is 0.764. The van der Waals surface area contributed by atoms with E-state index in [4.69, 9.17) is 4.74 Å². The lowest BCUT2D eigenvalue weighted by atomic mass is 10.1. The van der Waals surface area contributed by atoms with Gasteiger partial charge in [-0.25, -0.2) is 0 Å². The van der Waals surface area contributed by atoms with Crippen molar-refractivity contribution in [3.63, 3.8) is 0 Å². The third-order valence-electron chi connectivity index (χ3n) is 5.20. The second kappa shape index (κ2) is 7.25. The van der Waals surface area contributed by atoms with Crippen molar-refractivity contribution >= 4 is 21.8 Å². The molecule has 4 rings (SSSR count). The van der Waals surface area contributed by atoms with Gasteiger partial charge in [-0.3, -0.25) is 0 Å². The van der Waals surface area contributed by atoms with Crippen LogP contribution in [0.25, 0.3) is 21.8 Å². The Morgan fingerprint density at radius 2 is 1.38 bits per heavy atom. The molecule has 0 bridgehead atoms. The standard InChI is InChI=1S/C24H25NO/c1-18-13-14-20(17-19(18)2)26-16-8-7-15-25-23-11-5-3-9-21(23)22-10-4-6-12-24(22)25/h3-6,9-14,17H,7-8,15-16H2,1-2H3. The Morgan fingerprint density at radius 1 is 0.731 bits per heavy atom. The van der Waals surface area contributed by atoms with E-state index >= 15 is 0 Å². The third kappa shape index (κ3) is 3.20. The first-order valence-electron chi connectivity index (χ1n) is 9.40. The van der Waals surface area contributed by atoms with Crippen LogP contribution in [0, 0.1) is 13.8 Å². The van der Waals surface area contributed by atoms with E-state index in [1.54, 1.807) is 0 Å². The van der Waals surface area contributed by atoms with Crippen LogP contribution >= 0.6 is 0 Å². The number of nitrogens with zero attached hydrogens (tertiary/aromatic N) is 1. The predicted molar refractivity (Wildman–Crippen MR) is 110 cm³/mol. The molecule has 0 saturated heterocycles. The number of fused-ring (bicyclic) bond motifs is 3. The summed E-state index contributed by atoms with van der Waals surface area (Å²) in [6, 6.07) is 23.7. The van der Waals surface area contributed by atoms with E-state index in [2.05, 4.69) is 85.1 Å². The SMILES string of the molecule is Cc1ccc(OCCCCn2c3ccccc3c3ccccc32)cc1C. The highest BCUT2D eigenvalue weighted by atomic mass is 16.5. The van der Waals surface area contributed by atoms with Gasteiger partial charge < -0.3 is 9.30 Å². The molecule has 0 aliphatic carbocycles. The Labute approximate surface area is 155 Å². The fourth-order valence-electron chi connectivity index (χ4n) is 3.61. The Morgan fingerprint density at radius 3 is 2.04 bits per heavy atom. The van der Waals surface area contributed by atoms with Gasteiger partial charge >= 0.3 is 0 Å². The van der Waals surface area contributed by atoms with E-state index in [0.717, 1.165) is 31.7 Å². The Balaban J connectivity index is 1.42. The fourth-order valence-corrected chi connectivity index (χ4v) is 3.61. The Hall–Kier alpha value is -2.74. The molecule has 26 heavy (non-hydrogen) atoms. The third-order valence-corrected chi connectivity index (χ3v) is 5.20. The highest BCUT2D eigenvalue weighted by molar-refractivity contribution is 6.07. The van der Waals surface area contributed by atoms with Gasteiger partial charge in [-0.1, -0.05) is 42.5 Å². The van der Waals surface area contributed by atoms with Crippen LogP contribution in [-0.4, -0.2) is 11.2 Å². The average molecular weight is 343 g/mol. The first kappa shape index (κ1) is 16.7. The maximum Gasteiger partial charge on any atom is 0.119 e. The molecule has 0 fully saturated rings. The van der Waals surface area contributed by atoms with Crippen molar-refractivity contribution in [2.45, 2.75) is 33.2 Å². The monoisotopic (exact) mass is 343 g/mol. The predicted octanol–water partition coefficient (Wildman–Crippen LogP) is 6.27. The zero-order valence-electron chi connectivity index (χ0n) is 15.5. The molecule has 1 heterocycles. The van der Waals surface area contributed by atoms with Gasteiger partial charge in [0.25, 0.3) is 0 Å². The van der Waals surface area contributed by atoms with Gasteiger partial charge in [0, 0.05) is 28.4 Å². The van der Waals surface area contributed by atoms with Crippen LogP contribution in [-0.2, 0) is 6.54 Å². The number of hydrogen-bond donors (Lipinski definition) is 0. The lowest BCUT2D eigenvalue weighted by Crippen LogP contribution is -2.02. The van der Waals surface area contributed by atoms with Crippen molar-refractivity contribution in [3.05, 3.63) is 77.9 Å². The molecule has 0 atom stereocenters. The molecule has 2 nitrogen and oxygen atoms in total. The quantitative estimate of drug-likeness (QED) is 0.376. The van der Waals surface area contributed by atoms with Crippen LogP contribution in [0.4, 0.5) is 0 Å². The molecule has 0 unspecified atom stereocenters. The van der Waals surface area contributed by atoms with Gasteiger partial charge in [0.2, 0.25) is 0 Å². The number of unbranched alkanes of at least 4 members (excludes halogenated alkanes) is 1. The van der Waals surface area contributed by atoms with Crippen LogP contribution in [0.5, 0.6) is 5.75 Å². The molecule has 0 spiro atoms. The van der Waals surface area contributed by atoms with Crippen molar-refractivity contribution in [3.8, 4) is 5.75 Å². The van der Waals surface area contributed by atoms with Crippen molar-refractivity contribution < 1.29 is 4.74 Å². The molecule has 4 aromatic rings. The Kier molecular flexibility index (Phi) is 4.66. The lowest BCUT2D eigenvalue weighted by Gasteiger charge is -2.10. The van der Waals surface area contributed by atoms with Crippen LogP contribution in [0.2, 0.25) is 0 Å². The summed E-state index contributed by atoms with van der Waals surface area (Å²) in [6.45, 7) is 6.04. The number of para-hydroxylation sites is 2. The number of aryl methyl sites for hydroxylation is 3. The van der Waals surface area contributed by atoms with Gasteiger partial charge in [0.15, 0.2) is 0 Å². The van der Waals surface area contributed by atoms with E-state index in [0.29, 0.717) is 0 Å². The lowest BCUT2D eigenvalue weighted by molar-refractivity contribution is 0.303. The number of benzene rings is 3. The van der Waals surface area contributed by atoms with Gasteiger partial charge in [-0.05, 0) is 62.1 Å². The number of ether oxygens (including phenoxy) is 1. The average Bonchev–Trinajstić information content (AvgIpc) is 2.99. The fraction of sp³-hybridized carbons (Fsp3) is 0.250. The molecular formula is C24H25NO. The van der Waals surface area contributed by atoms with Crippen LogP contribution in [0.3, 0.4) is 0 Å². The summed E-state index contributed by atoms with van der Waals surface area (Å²) in [7, 11) is 0. The van der Waals surface area contributed by atoms with Crippen molar-refractivity contribution in [2.75, 3.05) is 6.61 Å². The van der Waals surface area contributed by atoms with E-state index < -0.39 is 0 Å². The molecule has 0 aliphatic rings. The summed E-state index contributed by atoms with van der Waals surface area (Å²) in [5, 5.41) is 2.68. The minimum Gasteiger partial charge on any atom is -0.494 e. The van der Waals surface area contributed by atoms with Crippen LogP contribution in [0.1, 0.15) is 24.0 Å². The zero-order valence-corrected chi connectivity index (χ0v) is 15.5. The van der Waals surface area contributed by atoms with Crippen LogP contribution < -0.4 is 4.74 Å². The van der Waals surface area contributed by atoms with Crippen molar-refractivity contribution in [2.24, 2.45) is 0 Å². The summed E-state index contributed by atoms with van der Waals surface area (Å²) in [5.74, 6) is 0.977. The first-order chi connectivity index (χ1) is 12.7. The summed E-state index contributed by atoms with van der Waals surface area (Å²) in [5.41, 5.74) is 5.24. The topological polar surface area (TPSA) is 14.2 Å². The molecule has 0 saturated carbocycles. The van der Waals surface area contributed by atoms with E-state index in [9.17, 15) is 0 Å². The molecule has 0 N–H and O–H groups in total. The molecule has 0 radical (unpaired) electrons. The second-order valence-electron chi connectivity index (χ2n) is 6.99. The van der Waals surface area contributed by atoms with Gasteiger partial charge in [0.1, 0.15) is 5.75 Å². The molecule has 0 aliphatic heterocycles. The first-order valence-corrected chi connectivity index (χ1v) is 9.40. The van der Waals surface area contributed by atoms with Gasteiger partial charge in [-0.2, -0.15) is 0 Å². The van der Waals surface area contributed by atoms with Crippen molar-refractivity contribution in [1.82, 2.24) is 4.57 Å². The smallest absolute Gasteiger partial charge is 0.119 e. The van der Waals surface area contributed by atoms with Crippen molar-refractivity contribution in [1.29, 1.82) is 0 Å². The number of hydrogen-bond acceptors (Lipinski definition) is 1. The van der Waals surface area contributed by atoms with Gasteiger partial charge in [-0.15, -0.1) is 0 Å². The molecular weight excluding hydrogens is 318 g/mol. The zero-order chi connectivity index (χ0) is 17.9. The maximum atomic E-state index is 5.93. The summed E-state index contributed by atoms with van der Waals surface area (Å²) in [6.07, 6.45) is 2.15. The minimum atomic E-state index is 0.764. The van der Waals surface area contributed by atoms with E-state index in [-0.39, 0.29) is 0 Å². The number of rotatable bonds is 6. The molecule has 3 aromatic carbocycles. The molecule has 0 amide bonds. The highest BCUT2D eigenvalue weighted by Crippen LogP contribution is 2.29. The highest BCUT2D eigenvalue weighted by Gasteiger charge is 2.09. The largest absolute Gasteiger partial charge is 0.494 e. The maximum absolute atomic E-state index is 5.93.